The molecule has 1 heterocycles. The van der Waals surface area contributed by atoms with Crippen molar-refractivity contribution < 1.29 is 9.63 Å². The summed E-state index contributed by atoms with van der Waals surface area (Å²) in [5, 5.41) is 1.19. The molecule has 0 N–H and O–H groups in total. The second-order valence-corrected chi connectivity index (χ2v) is 3.31. The lowest BCUT2D eigenvalue weighted by molar-refractivity contribution is -0.164. The Morgan fingerprint density at radius 1 is 1.64 bits per heavy atom. The van der Waals surface area contributed by atoms with Gasteiger partial charge in [-0.2, -0.15) is 0 Å². The van der Waals surface area contributed by atoms with Gasteiger partial charge < -0.3 is 0 Å². The van der Waals surface area contributed by atoms with E-state index in [1.54, 1.807) is 7.05 Å². The highest BCUT2D eigenvalue weighted by molar-refractivity contribution is 5.96. The van der Waals surface area contributed by atoms with E-state index in [0.29, 0.717) is 5.70 Å². The van der Waals surface area contributed by atoms with Crippen LogP contribution in [0.1, 0.15) is 26.2 Å². The van der Waals surface area contributed by atoms with Crippen LogP contribution in [0.15, 0.2) is 16.8 Å². The van der Waals surface area contributed by atoms with Crippen molar-refractivity contribution in [3.63, 3.8) is 0 Å². The summed E-state index contributed by atoms with van der Waals surface area (Å²) in [5.74, 6) is -0.186. The van der Waals surface area contributed by atoms with Crippen LogP contribution >= 0.6 is 0 Å². The Labute approximate surface area is 84.2 Å². The molecule has 0 aliphatic carbocycles. The van der Waals surface area contributed by atoms with Gasteiger partial charge in [0.25, 0.3) is 5.91 Å². The van der Waals surface area contributed by atoms with Gasteiger partial charge in [-0.3, -0.25) is 14.6 Å². The molecule has 1 amide bonds. The summed E-state index contributed by atoms with van der Waals surface area (Å²) in [6.45, 7) is 1.94. The first-order chi connectivity index (χ1) is 6.65. The highest BCUT2D eigenvalue weighted by atomic mass is 16.7. The lowest BCUT2D eigenvalue weighted by atomic mass is 10.2. The van der Waals surface area contributed by atoms with E-state index in [-0.39, 0.29) is 5.91 Å². The maximum Gasteiger partial charge on any atom is 0.295 e. The molecule has 0 aromatic rings. The van der Waals surface area contributed by atoms with Crippen molar-refractivity contribution >= 4 is 11.6 Å². The van der Waals surface area contributed by atoms with Crippen LogP contribution < -0.4 is 0 Å². The summed E-state index contributed by atoms with van der Waals surface area (Å²) in [5.41, 5.74) is 1.50. The predicted octanol–water partition coefficient (Wildman–Crippen LogP) is 1.53. The number of allylic oxidation sites excluding steroid dienone is 1. The van der Waals surface area contributed by atoms with E-state index in [1.807, 2.05) is 13.0 Å². The SMILES string of the molecule is CON(C)C(=O)C1=CCCCC(C)=N1. The second kappa shape index (κ2) is 4.91. The molecule has 0 bridgehead atoms. The number of hydrogen-bond acceptors (Lipinski definition) is 3. The van der Waals surface area contributed by atoms with E-state index < -0.39 is 0 Å². The zero-order valence-corrected chi connectivity index (χ0v) is 8.91. The standard InChI is InChI=1S/C10H16N2O2/c1-8-6-4-5-7-9(11-8)10(13)12(2)14-3/h7H,4-6H2,1-3H3. The Hall–Kier alpha value is -1.16. The summed E-state index contributed by atoms with van der Waals surface area (Å²) in [6.07, 6.45) is 4.79. The first-order valence-corrected chi connectivity index (χ1v) is 4.71. The molecule has 0 saturated carbocycles. The van der Waals surface area contributed by atoms with Crippen molar-refractivity contribution in [3.8, 4) is 0 Å². The largest absolute Gasteiger partial charge is 0.295 e. The van der Waals surface area contributed by atoms with Gasteiger partial charge in [0.05, 0.1) is 7.11 Å². The van der Waals surface area contributed by atoms with E-state index in [4.69, 9.17) is 4.84 Å². The van der Waals surface area contributed by atoms with Gasteiger partial charge >= 0.3 is 0 Å². The van der Waals surface area contributed by atoms with Crippen LogP contribution in [-0.2, 0) is 9.63 Å². The molecule has 0 aromatic carbocycles. The zero-order valence-electron chi connectivity index (χ0n) is 8.91. The lowest BCUT2D eigenvalue weighted by Crippen LogP contribution is -2.26. The van der Waals surface area contributed by atoms with Crippen molar-refractivity contribution in [2.75, 3.05) is 14.2 Å². The Morgan fingerprint density at radius 3 is 3.00 bits per heavy atom. The van der Waals surface area contributed by atoms with Crippen molar-refractivity contribution in [1.29, 1.82) is 0 Å². The summed E-state index contributed by atoms with van der Waals surface area (Å²) >= 11 is 0. The predicted molar refractivity (Wildman–Crippen MR) is 54.8 cm³/mol. The van der Waals surface area contributed by atoms with Gasteiger partial charge in [-0.1, -0.05) is 6.08 Å². The fraction of sp³-hybridized carbons (Fsp3) is 0.600. The Balaban J connectivity index is 2.79. The minimum Gasteiger partial charge on any atom is -0.274 e. The zero-order chi connectivity index (χ0) is 10.6. The number of aliphatic imine (C=N–C) groups is 1. The molecule has 4 heteroatoms. The molecule has 0 aromatic heterocycles. The van der Waals surface area contributed by atoms with E-state index in [2.05, 4.69) is 4.99 Å². The quantitative estimate of drug-likeness (QED) is 0.628. The highest BCUT2D eigenvalue weighted by Gasteiger charge is 2.15. The van der Waals surface area contributed by atoms with E-state index in [0.717, 1.165) is 25.0 Å². The van der Waals surface area contributed by atoms with Crippen LogP contribution in [0.25, 0.3) is 0 Å². The molecule has 14 heavy (non-hydrogen) atoms. The Kier molecular flexibility index (Phi) is 3.83. The van der Waals surface area contributed by atoms with Crippen LogP contribution in [0, 0.1) is 0 Å². The van der Waals surface area contributed by atoms with Crippen molar-refractivity contribution in [1.82, 2.24) is 5.06 Å². The number of amides is 1. The number of hydroxylamine groups is 2. The van der Waals surface area contributed by atoms with Crippen LogP contribution in [0.4, 0.5) is 0 Å². The van der Waals surface area contributed by atoms with Crippen LogP contribution in [-0.4, -0.2) is 30.8 Å². The number of likely N-dealkylation sites (N-methyl/N-ethyl adjacent to an activating group) is 1. The number of carbonyl (C=O) groups excluding carboxylic acids is 1. The van der Waals surface area contributed by atoms with Crippen molar-refractivity contribution in [3.05, 3.63) is 11.8 Å². The number of carbonyl (C=O) groups is 1. The normalized spacial score (nSPS) is 16.8. The minimum absolute atomic E-state index is 0.186. The molecular weight excluding hydrogens is 180 g/mol. The second-order valence-electron chi connectivity index (χ2n) is 3.31. The molecule has 0 atom stereocenters. The van der Waals surface area contributed by atoms with Gasteiger partial charge in [-0.25, -0.2) is 5.06 Å². The van der Waals surface area contributed by atoms with Gasteiger partial charge in [-0.05, 0) is 26.2 Å². The molecule has 1 aliphatic rings. The molecule has 0 spiro atoms. The molecule has 78 valence electrons. The monoisotopic (exact) mass is 196 g/mol. The Bertz CT molecular complexity index is 282. The molecule has 0 radical (unpaired) electrons. The van der Waals surface area contributed by atoms with Gasteiger partial charge in [0.15, 0.2) is 0 Å². The topological polar surface area (TPSA) is 41.9 Å². The van der Waals surface area contributed by atoms with E-state index in [9.17, 15) is 4.79 Å². The average molecular weight is 196 g/mol. The van der Waals surface area contributed by atoms with Crippen LogP contribution in [0.2, 0.25) is 0 Å². The van der Waals surface area contributed by atoms with E-state index >= 15 is 0 Å². The van der Waals surface area contributed by atoms with Crippen molar-refractivity contribution in [2.24, 2.45) is 4.99 Å². The fourth-order valence-corrected chi connectivity index (χ4v) is 1.28. The summed E-state index contributed by atoms with van der Waals surface area (Å²) in [7, 11) is 3.05. The molecule has 1 aliphatic heterocycles. The molecular formula is C10H16N2O2. The highest BCUT2D eigenvalue weighted by Crippen LogP contribution is 2.13. The molecule has 4 nitrogen and oxygen atoms in total. The summed E-state index contributed by atoms with van der Waals surface area (Å²) in [6, 6.07) is 0. The van der Waals surface area contributed by atoms with Gasteiger partial charge in [0, 0.05) is 12.8 Å². The average Bonchev–Trinajstić information content (AvgIpc) is 2.40. The molecule has 0 saturated heterocycles. The third kappa shape index (κ3) is 2.67. The Morgan fingerprint density at radius 2 is 2.36 bits per heavy atom. The fourth-order valence-electron chi connectivity index (χ4n) is 1.28. The summed E-state index contributed by atoms with van der Waals surface area (Å²) in [4.78, 5) is 20.7. The van der Waals surface area contributed by atoms with Crippen molar-refractivity contribution in [2.45, 2.75) is 26.2 Å². The summed E-state index contributed by atoms with van der Waals surface area (Å²) < 4.78 is 0. The van der Waals surface area contributed by atoms with Gasteiger partial charge in [0.1, 0.15) is 5.70 Å². The molecule has 0 unspecified atom stereocenters. The van der Waals surface area contributed by atoms with Crippen LogP contribution in [0.5, 0.6) is 0 Å². The molecule has 0 fully saturated rings. The maximum absolute atomic E-state index is 11.7. The maximum atomic E-state index is 11.7. The van der Waals surface area contributed by atoms with Crippen LogP contribution in [0.3, 0.4) is 0 Å². The molecule has 1 rings (SSSR count). The minimum atomic E-state index is -0.186. The number of hydrogen-bond donors (Lipinski definition) is 0. The third-order valence-corrected chi connectivity index (χ3v) is 2.17. The first kappa shape index (κ1) is 10.9. The third-order valence-electron chi connectivity index (χ3n) is 2.17. The van der Waals surface area contributed by atoms with Gasteiger partial charge in [-0.15, -0.1) is 0 Å². The van der Waals surface area contributed by atoms with E-state index in [1.165, 1.54) is 12.2 Å². The first-order valence-electron chi connectivity index (χ1n) is 4.71. The lowest BCUT2D eigenvalue weighted by Gasteiger charge is -2.13. The number of rotatable bonds is 2. The number of nitrogens with zero attached hydrogens (tertiary/aromatic N) is 2. The van der Waals surface area contributed by atoms with Gasteiger partial charge in [0.2, 0.25) is 0 Å². The smallest absolute Gasteiger partial charge is 0.274 e.